The largest absolute Gasteiger partial charge is 0.454 e. The molecule has 0 radical (unpaired) electrons. The second-order valence-electron chi connectivity index (χ2n) is 9.24. The van der Waals surface area contributed by atoms with E-state index in [1.807, 2.05) is 38.1 Å². The van der Waals surface area contributed by atoms with Gasteiger partial charge in [-0.3, -0.25) is 9.59 Å². The van der Waals surface area contributed by atoms with Gasteiger partial charge in [-0.05, 0) is 75.2 Å². The number of rotatable bonds is 4. The lowest BCUT2D eigenvalue weighted by atomic mass is 10.1. The molecule has 2 amide bonds. The highest BCUT2D eigenvalue weighted by Gasteiger charge is 2.48. The molecule has 36 heavy (non-hydrogen) atoms. The van der Waals surface area contributed by atoms with Crippen molar-refractivity contribution in [1.29, 1.82) is 0 Å². The van der Waals surface area contributed by atoms with E-state index in [4.69, 9.17) is 8.83 Å². The highest BCUT2D eigenvalue weighted by Crippen LogP contribution is 2.47. The molecule has 0 saturated carbocycles. The van der Waals surface area contributed by atoms with Crippen molar-refractivity contribution in [2.75, 3.05) is 14.1 Å². The molecule has 0 spiro atoms. The van der Waals surface area contributed by atoms with Gasteiger partial charge in [0.1, 0.15) is 22.9 Å². The van der Waals surface area contributed by atoms with E-state index in [9.17, 15) is 9.59 Å². The third kappa shape index (κ3) is 3.21. The predicted molar refractivity (Wildman–Crippen MR) is 142 cm³/mol. The number of hydrogen-bond donors (Lipinski definition) is 0. The first-order chi connectivity index (χ1) is 17.2. The van der Waals surface area contributed by atoms with Crippen molar-refractivity contribution >= 4 is 45.9 Å². The molecule has 0 atom stereocenters. The zero-order valence-corrected chi connectivity index (χ0v) is 22.4. The zero-order valence-electron chi connectivity index (χ0n) is 20.8. The van der Waals surface area contributed by atoms with Crippen LogP contribution in [0.5, 0.6) is 0 Å². The van der Waals surface area contributed by atoms with Gasteiger partial charge in [-0.2, -0.15) is 0 Å². The monoisotopic (exact) mass is 516 g/mol. The van der Waals surface area contributed by atoms with Crippen LogP contribution in [-0.4, -0.2) is 35.7 Å². The van der Waals surface area contributed by atoms with E-state index in [0.29, 0.717) is 34.1 Å². The van der Waals surface area contributed by atoms with Crippen LogP contribution in [0.4, 0.5) is 0 Å². The van der Waals surface area contributed by atoms with Gasteiger partial charge in [0, 0.05) is 23.8 Å². The van der Waals surface area contributed by atoms with Crippen molar-refractivity contribution in [3.05, 3.63) is 79.9 Å². The zero-order chi connectivity index (χ0) is 25.5. The summed E-state index contributed by atoms with van der Waals surface area (Å²) in [6.07, 6.45) is 0. The number of likely N-dealkylation sites (N-methyl/N-ethyl adjacent to an activating group) is 2. The number of carbonyl (C=O) groups excluding carboxylic acids is 2. The normalized spacial score (nSPS) is 15.8. The molecule has 0 aromatic carbocycles. The Kier molecular flexibility index (Phi) is 5.04. The predicted octanol–water partition coefficient (Wildman–Crippen LogP) is 6.63. The van der Waals surface area contributed by atoms with E-state index in [1.165, 1.54) is 19.6 Å². The Labute approximate surface area is 216 Å². The third-order valence-electron chi connectivity index (χ3n) is 6.64. The first kappa shape index (κ1) is 22.8. The molecule has 2 aliphatic rings. The Morgan fingerprint density at radius 2 is 0.972 bits per heavy atom. The fourth-order valence-corrected chi connectivity index (χ4v) is 7.03. The van der Waals surface area contributed by atoms with Gasteiger partial charge in [-0.15, -0.1) is 22.7 Å². The van der Waals surface area contributed by atoms with Crippen LogP contribution >= 0.6 is 22.7 Å². The number of carbonyl (C=O) groups is 2. The maximum Gasteiger partial charge on any atom is 0.261 e. The fourth-order valence-electron chi connectivity index (χ4n) is 5.05. The van der Waals surface area contributed by atoms with Crippen molar-refractivity contribution in [1.82, 2.24) is 9.80 Å². The molecule has 0 bridgehead atoms. The summed E-state index contributed by atoms with van der Waals surface area (Å²) in [6.45, 7) is 8.22. The summed E-state index contributed by atoms with van der Waals surface area (Å²) in [5.41, 5.74) is 3.93. The molecule has 0 aliphatic carbocycles. The molecular weight excluding hydrogens is 492 g/mol. The lowest BCUT2D eigenvalue weighted by molar-refractivity contribution is -0.123. The van der Waals surface area contributed by atoms with Crippen molar-refractivity contribution < 1.29 is 18.4 Å². The summed E-state index contributed by atoms with van der Waals surface area (Å²) in [4.78, 5) is 34.5. The Hall–Kier alpha value is -3.62. The number of thiophene rings is 2. The van der Waals surface area contributed by atoms with E-state index < -0.39 is 0 Å². The molecule has 8 heteroatoms. The third-order valence-corrected chi connectivity index (χ3v) is 8.97. The molecule has 4 aromatic heterocycles. The SMILES string of the molecule is Cc1cc(C)c(-c2ccc(C3=C4C(=O)N(C)C(c5ccc(-c6sc(C)cc6C)o5)=C4C(=O)N3C)o2)s1. The topological polar surface area (TPSA) is 66.9 Å². The molecule has 6 nitrogen and oxygen atoms in total. The van der Waals surface area contributed by atoms with Crippen LogP contribution in [0.3, 0.4) is 0 Å². The van der Waals surface area contributed by atoms with Crippen molar-refractivity contribution in [2.24, 2.45) is 0 Å². The second-order valence-corrected chi connectivity index (χ2v) is 11.8. The van der Waals surface area contributed by atoms with Gasteiger partial charge in [-0.1, -0.05) is 0 Å². The van der Waals surface area contributed by atoms with Gasteiger partial charge in [0.15, 0.2) is 11.5 Å². The molecule has 182 valence electrons. The Balaban J connectivity index is 1.47. The van der Waals surface area contributed by atoms with E-state index in [0.717, 1.165) is 32.4 Å². The van der Waals surface area contributed by atoms with Crippen molar-refractivity contribution in [3.63, 3.8) is 0 Å². The van der Waals surface area contributed by atoms with E-state index in [-0.39, 0.29) is 11.8 Å². The summed E-state index contributed by atoms with van der Waals surface area (Å²) < 4.78 is 12.4. The smallest absolute Gasteiger partial charge is 0.261 e. The highest BCUT2D eigenvalue weighted by molar-refractivity contribution is 7.15. The van der Waals surface area contributed by atoms with E-state index >= 15 is 0 Å². The van der Waals surface area contributed by atoms with Crippen LogP contribution in [-0.2, 0) is 9.59 Å². The van der Waals surface area contributed by atoms with Crippen molar-refractivity contribution in [2.45, 2.75) is 27.7 Å². The number of furan rings is 2. The first-order valence-corrected chi connectivity index (χ1v) is 13.2. The van der Waals surface area contributed by atoms with Crippen LogP contribution in [0, 0.1) is 27.7 Å². The molecule has 2 aliphatic heterocycles. The maximum atomic E-state index is 13.5. The number of amides is 2. The Morgan fingerprint density at radius 1 is 0.611 bits per heavy atom. The Morgan fingerprint density at radius 3 is 1.31 bits per heavy atom. The fraction of sp³-hybridized carbons (Fsp3) is 0.214. The quantitative estimate of drug-likeness (QED) is 0.305. The van der Waals surface area contributed by atoms with Gasteiger partial charge >= 0.3 is 0 Å². The lowest BCUT2D eigenvalue weighted by Crippen LogP contribution is -2.25. The van der Waals surface area contributed by atoms with Gasteiger partial charge in [0.25, 0.3) is 11.8 Å². The number of hydrogen-bond acceptors (Lipinski definition) is 6. The molecule has 0 saturated heterocycles. The van der Waals surface area contributed by atoms with Crippen molar-refractivity contribution in [3.8, 4) is 21.3 Å². The van der Waals surface area contributed by atoms with E-state index in [1.54, 1.807) is 36.8 Å². The second kappa shape index (κ2) is 7.94. The molecule has 0 N–H and O–H groups in total. The molecule has 4 aromatic rings. The number of fused-ring (bicyclic) bond motifs is 1. The molecule has 0 unspecified atom stereocenters. The minimum absolute atomic E-state index is 0.255. The average Bonchev–Trinajstić information content (AvgIpc) is 3.65. The molecule has 6 rings (SSSR count). The van der Waals surface area contributed by atoms with Crippen LogP contribution in [0.15, 0.2) is 56.4 Å². The minimum Gasteiger partial charge on any atom is -0.454 e. The van der Waals surface area contributed by atoms with Gasteiger partial charge in [-0.25, -0.2) is 0 Å². The Bertz CT molecular complexity index is 1530. The lowest BCUT2D eigenvalue weighted by Gasteiger charge is -2.17. The standard InChI is InChI=1S/C28H24N2O4S2/c1-13-11-15(3)35-25(13)19-9-7-17(33-19)23-21-22(28(32)29(23)5)24(30(6)27(21)31)18-8-10-20(34-18)26-14(2)12-16(4)36-26/h7-12H,1-6H3. The summed E-state index contributed by atoms with van der Waals surface area (Å²) in [5, 5.41) is 0. The van der Waals surface area contributed by atoms with Gasteiger partial charge in [0.2, 0.25) is 0 Å². The molecule has 6 heterocycles. The molecule has 0 fully saturated rings. The van der Waals surface area contributed by atoms with Crippen LogP contribution in [0.1, 0.15) is 32.4 Å². The number of aryl methyl sites for hydroxylation is 4. The van der Waals surface area contributed by atoms with Crippen LogP contribution in [0.25, 0.3) is 32.7 Å². The molecular formula is C28H24N2O4S2. The highest BCUT2D eigenvalue weighted by atomic mass is 32.1. The number of nitrogens with zero attached hydrogens (tertiary/aromatic N) is 2. The van der Waals surface area contributed by atoms with E-state index in [2.05, 4.69) is 26.0 Å². The van der Waals surface area contributed by atoms with Gasteiger partial charge in [0.05, 0.1) is 20.9 Å². The summed E-state index contributed by atoms with van der Waals surface area (Å²) in [7, 11) is 3.35. The summed E-state index contributed by atoms with van der Waals surface area (Å²) >= 11 is 3.32. The van der Waals surface area contributed by atoms with Gasteiger partial charge < -0.3 is 18.6 Å². The average molecular weight is 517 g/mol. The van der Waals surface area contributed by atoms with Crippen LogP contribution < -0.4 is 0 Å². The minimum atomic E-state index is -0.255. The maximum absolute atomic E-state index is 13.5. The summed E-state index contributed by atoms with van der Waals surface area (Å²) in [6, 6.07) is 11.7. The summed E-state index contributed by atoms with van der Waals surface area (Å²) in [5.74, 6) is 1.92. The van der Waals surface area contributed by atoms with Crippen LogP contribution in [0.2, 0.25) is 0 Å². The first-order valence-electron chi connectivity index (χ1n) is 11.6.